The minimum Gasteiger partial charge on any atom is -0.151 e. The maximum atomic E-state index is 5.97. The fourth-order valence-corrected chi connectivity index (χ4v) is 3.53. The van der Waals surface area contributed by atoms with Crippen LogP contribution in [0.4, 0.5) is 0 Å². The Balaban J connectivity index is 4.19. The Morgan fingerprint density at radius 3 is 1.10 bits per heavy atom. The first-order valence-electron chi connectivity index (χ1n) is 3.13. The summed E-state index contributed by atoms with van der Waals surface area (Å²) < 4.78 is 0. The fourth-order valence-electron chi connectivity index (χ4n) is 0.297. The van der Waals surface area contributed by atoms with E-state index in [1.54, 1.807) is 0 Å². The van der Waals surface area contributed by atoms with Crippen molar-refractivity contribution in [1.82, 2.24) is 0 Å². The van der Waals surface area contributed by atoms with Gasteiger partial charge >= 0.3 is 0 Å². The van der Waals surface area contributed by atoms with Gasteiger partial charge in [-0.3, -0.25) is 0 Å². The molecule has 0 aromatic rings. The zero-order valence-corrected chi connectivity index (χ0v) is 10.3. The van der Waals surface area contributed by atoms with Crippen LogP contribution in [0.3, 0.4) is 0 Å². The summed E-state index contributed by atoms with van der Waals surface area (Å²) in [5, 5.41) is 0. The minimum absolute atomic E-state index is 1.71. The molecule has 0 aromatic heterocycles. The number of halogens is 2. The predicted molar refractivity (Wildman–Crippen MR) is 54.4 cm³/mol. The van der Waals surface area contributed by atoms with E-state index in [1.165, 1.54) is 0 Å². The molecular weight excluding hydrogens is 199 g/mol. The molecule has 58 valence electrons. The van der Waals surface area contributed by atoms with Crippen molar-refractivity contribution in [2.75, 3.05) is 0 Å². The van der Waals surface area contributed by atoms with Crippen molar-refractivity contribution in [2.24, 2.45) is 0 Å². The Bertz CT molecular complexity index is 147. The van der Waals surface area contributed by atoms with Crippen molar-refractivity contribution in [3.63, 3.8) is 0 Å². The van der Waals surface area contributed by atoms with E-state index in [0.29, 0.717) is 0 Å². The Labute approximate surface area is 74.3 Å². The van der Waals surface area contributed by atoms with Gasteiger partial charge in [0.15, 0.2) is 0 Å². The van der Waals surface area contributed by atoms with Gasteiger partial charge in [0.25, 0.3) is 0 Å². The molecule has 0 unspecified atom stereocenters. The molecule has 0 aliphatic rings. The van der Waals surface area contributed by atoms with E-state index < -0.39 is 14.8 Å². The largest absolute Gasteiger partial charge is 0.227 e. The molecular formula is C6H12Cl2Si2. The van der Waals surface area contributed by atoms with Crippen LogP contribution in [0.25, 0.3) is 0 Å². The summed E-state index contributed by atoms with van der Waals surface area (Å²) in [6.45, 7) is 7.99. The highest BCUT2D eigenvalue weighted by Gasteiger charge is 2.16. The molecule has 10 heavy (non-hydrogen) atoms. The SMILES string of the molecule is C[Si](C)(Cl)C#C[Si](C)(C)Cl. The highest BCUT2D eigenvalue weighted by molar-refractivity contribution is 7.26. The van der Waals surface area contributed by atoms with Crippen molar-refractivity contribution in [2.45, 2.75) is 26.2 Å². The second kappa shape index (κ2) is 3.31. The van der Waals surface area contributed by atoms with Crippen molar-refractivity contribution in [3.05, 3.63) is 0 Å². The first-order valence-corrected chi connectivity index (χ1v) is 11.2. The van der Waals surface area contributed by atoms with Gasteiger partial charge in [0.2, 0.25) is 14.8 Å². The molecule has 0 bridgehead atoms. The second-order valence-electron chi connectivity index (χ2n) is 3.19. The molecule has 0 atom stereocenters. The van der Waals surface area contributed by atoms with E-state index in [0.717, 1.165) is 0 Å². The molecule has 4 heteroatoms. The van der Waals surface area contributed by atoms with Gasteiger partial charge in [-0.1, -0.05) is 0 Å². The van der Waals surface area contributed by atoms with Gasteiger partial charge in [-0.05, 0) is 26.2 Å². The molecule has 0 amide bonds. The van der Waals surface area contributed by atoms with Crippen LogP contribution in [0.1, 0.15) is 0 Å². The lowest BCUT2D eigenvalue weighted by Crippen LogP contribution is -2.18. The van der Waals surface area contributed by atoms with Crippen molar-refractivity contribution < 1.29 is 0 Å². The standard InChI is InChI=1S/C6H12Cl2Si2/c1-9(2,7)5-6-10(3,4)8/h1-4H3. The Morgan fingerprint density at radius 1 is 0.800 bits per heavy atom. The third-order valence-electron chi connectivity index (χ3n) is 0.657. The van der Waals surface area contributed by atoms with E-state index in [2.05, 4.69) is 11.1 Å². The van der Waals surface area contributed by atoms with Gasteiger partial charge in [-0.2, -0.15) is 22.2 Å². The van der Waals surface area contributed by atoms with Crippen molar-refractivity contribution in [1.29, 1.82) is 0 Å². The van der Waals surface area contributed by atoms with Crippen LogP contribution in [0.2, 0.25) is 26.2 Å². The van der Waals surface area contributed by atoms with Crippen LogP contribution in [-0.4, -0.2) is 14.8 Å². The smallest absolute Gasteiger partial charge is 0.151 e. The monoisotopic (exact) mass is 210 g/mol. The normalized spacial score (nSPS) is 12.2. The van der Waals surface area contributed by atoms with Gasteiger partial charge in [-0.15, -0.1) is 11.1 Å². The second-order valence-corrected chi connectivity index (χ2v) is 15.3. The number of hydrogen-bond donors (Lipinski definition) is 0. The lowest BCUT2D eigenvalue weighted by atomic mass is 11.4. The van der Waals surface area contributed by atoms with Crippen molar-refractivity contribution >= 4 is 36.9 Å². The van der Waals surface area contributed by atoms with E-state index >= 15 is 0 Å². The zero-order valence-electron chi connectivity index (χ0n) is 6.76. The van der Waals surface area contributed by atoms with Gasteiger partial charge in [-0.25, -0.2) is 0 Å². The lowest BCUT2D eigenvalue weighted by Gasteiger charge is -2.04. The van der Waals surface area contributed by atoms with Gasteiger partial charge < -0.3 is 0 Å². The van der Waals surface area contributed by atoms with Crippen LogP contribution in [0.5, 0.6) is 0 Å². The van der Waals surface area contributed by atoms with E-state index in [1.807, 2.05) is 26.2 Å². The van der Waals surface area contributed by atoms with Gasteiger partial charge in [0, 0.05) is 0 Å². The first kappa shape index (κ1) is 10.6. The Hall–Kier alpha value is 0.574. The zero-order chi connectivity index (χ0) is 8.41. The minimum atomic E-state index is -1.71. The van der Waals surface area contributed by atoms with Crippen LogP contribution < -0.4 is 0 Å². The summed E-state index contributed by atoms with van der Waals surface area (Å²) >= 11 is 11.9. The third kappa shape index (κ3) is 8.57. The maximum absolute atomic E-state index is 5.97. The molecule has 0 saturated carbocycles. The van der Waals surface area contributed by atoms with E-state index in [-0.39, 0.29) is 0 Å². The average Bonchev–Trinajstić information content (AvgIpc) is 1.57. The molecule has 0 spiro atoms. The molecule has 0 fully saturated rings. The molecule has 0 N–H and O–H groups in total. The predicted octanol–water partition coefficient (Wildman–Crippen LogP) is 2.96. The third-order valence-corrected chi connectivity index (χ3v) is 2.91. The van der Waals surface area contributed by atoms with Crippen molar-refractivity contribution in [3.8, 4) is 11.1 Å². The number of hydrogen-bond acceptors (Lipinski definition) is 0. The maximum Gasteiger partial charge on any atom is 0.227 e. The number of rotatable bonds is 0. The van der Waals surface area contributed by atoms with Crippen LogP contribution >= 0.6 is 22.2 Å². The summed E-state index contributed by atoms with van der Waals surface area (Å²) in [5.41, 5.74) is 6.09. The lowest BCUT2D eigenvalue weighted by molar-refractivity contribution is 1.97. The molecule has 0 rings (SSSR count). The quantitative estimate of drug-likeness (QED) is 0.328. The van der Waals surface area contributed by atoms with Crippen LogP contribution in [0, 0.1) is 11.1 Å². The van der Waals surface area contributed by atoms with Crippen LogP contribution in [0.15, 0.2) is 0 Å². The molecule has 0 radical (unpaired) electrons. The van der Waals surface area contributed by atoms with E-state index in [9.17, 15) is 0 Å². The summed E-state index contributed by atoms with van der Waals surface area (Å²) in [7, 11) is -3.41. The Kier molecular flexibility index (Phi) is 3.50. The topological polar surface area (TPSA) is 0 Å². The van der Waals surface area contributed by atoms with Gasteiger partial charge in [0.05, 0.1) is 0 Å². The molecule has 0 saturated heterocycles. The summed E-state index contributed by atoms with van der Waals surface area (Å²) in [4.78, 5) is 0. The highest BCUT2D eigenvalue weighted by atomic mass is 35.6. The first-order chi connectivity index (χ1) is 4.21. The average molecular weight is 211 g/mol. The highest BCUT2D eigenvalue weighted by Crippen LogP contribution is 2.09. The summed E-state index contributed by atoms with van der Waals surface area (Å²) in [6.07, 6.45) is 0. The van der Waals surface area contributed by atoms with Crippen LogP contribution in [-0.2, 0) is 0 Å². The molecule has 0 nitrogen and oxygen atoms in total. The summed E-state index contributed by atoms with van der Waals surface area (Å²) in [5.74, 6) is 0. The fraction of sp³-hybridized carbons (Fsp3) is 0.667. The van der Waals surface area contributed by atoms with E-state index in [4.69, 9.17) is 22.2 Å². The Morgan fingerprint density at radius 2 is 1.00 bits per heavy atom. The summed E-state index contributed by atoms with van der Waals surface area (Å²) in [6, 6.07) is 0. The molecule has 0 aromatic carbocycles. The van der Waals surface area contributed by atoms with Gasteiger partial charge in [0.1, 0.15) is 0 Å². The molecule has 0 heterocycles. The molecule has 0 aliphatic heterocycles. The molecule has 0 aliphatic carbocycles.